The molecule has 3 aromatic carbocycles. The van der Waals surface area contributed by atoms with Gasteiger partial charge in [0.25, 0.3) is 11.5 Å². The third-order valence-corrected chi connectivity index (χ3v) is 9.07. The summed E-state index contributed by atoms with van der Waals surface area (Å²) in [5.74, 6) is 0.516. The molecule has 1 aliphatic rings. The Morgan fingerprint density at radius 3 is 2.47 bits per heavy atom. The van der Waals surface area contributed by atoms with Crippen molar-refractivity contribution < 1.29 is 9.53 Å². The molecule has 1 aliphatic heterocycles. The van der Waals surface area contributed by atoms with Crippen molar-refractivity contribution >= 4 is 50.9 Å². The molecule has 1 amide bonds. The van der Waals surface area contributed by atoms with E-state index in [9.17, 15) is 9.59 Å². The number of fused-ring (bicyclic) bond motifs is 1. The molecule has 2 heterocycles. The van der Waals surface area contributed by atoms with Gasteiger partial charge in [0.2, 0.25) is 0 Å². The number of nitrogens with zero attached hydrogens (tertiary/aromatic N) is 4. The number of allylic oxidation sites excluding steroid dienone is 1. The molecule has 4 aromatic rings. The first kappa shape index (κ1) is 30.5. The maximum Gasteiger partial charge on any atom is 0.271 e. The normalized spacial score (nSPS) is 14.6. The standard InChI is InChI=1S/C33H28BrClN4O3S/c1-4-38(5-2)32(41)29-20(3)37-33-39(30(29)24-11-13-25(35)14-12-24)31(40)28(43-33)17-23-10-15-27(26(34)16-23)42-19-22-8-6-21(18-36)7-9-22/h6-17,30H,4-5,19H2,1-3H3/b28-17+/t30-/m0/s1. The molecule has 7 nitrogen and oxygen atoms in total. The Morgan fingerprint density at radius 1 is 1.14 bits per heavy atom. The lowest BCUT2D eigenvalue weighted by Crippen LogP contribution is -2.43. The van der Waals surface area contributed by atoms with Crippen LogP contribution >= 0.6 is 38.9 Å². The molecule has 1 aromatic heterocycles. The van der Waals surface area contributed by atoms with E-state index in [4.69, 9.17) is 26.6 Å². The van der Waals surface area contributed by atoms with Crippen LogP contribution in [0.3, 0.4) is 0 Å². The maximum atomic E-state index is 14.0. The summed E-state index contributed by atoms with van der Waals surface area (Å²) in [4.78, 5) is 34.7. The van der Waals surface area contributed by atoms with Crippen molar-refractivity contribution in [2.75, 3.05) is 13.1 Å². The van der Waals surface area contributed by atoms with Gasteiger partial charge in [0.1, 0.15) is 12.4 Å². The first-order valence-electron chi connectivity index (χ1n) is 13.7. The van der Waals surface area contributed by atoms with Crippen LogP contribution in [0.4, 0.5) is 0 Å². The van der Waals surface area contributed by atoms with Crippen LogP contribution in [-0.4, -0.2) is 28.5 Å². The Morgan fingerprint density at radius 2 is 1.84 bits per heavy atom. The van der Waals surface area contributed by atoms with Crippen molar-refractivity contribution in [3.8, 4) is 11.8 Å². The summed E-state index contributed by atoms with van der Waals surface area (Å²) in [6.07, 6.45) is 1.82. The fraction of sp³-hybridized carbons (Fsp3) is 0.212. The van der Waals surface area contributed by atoms with Gasteiger partial charge in [-0.1, -0.05) is 53.3 Å². The van der Waals surface area contributed by atoms with E-state index in [-0.39, 0.29) is 11.5 Å². The van der Waals surface area contributed by atoms with Crippen molar-refractivity contribution in [2.24, 2.45) is 4.99 Å². The highest BCUT2D eigenvalue weighted by atomic mass is 79.9. The number of carbonyl (C=O) groups excluding carboxylic acids is 1. The number of nitriles is 1. The summed E-state index contributed by atoms with van der Waals surface area (Å²) in [7, 11) is 0. The number of hydrogen-bond acceptors (Lipinski definition) is 6. The lowest BCUT2D eigenvalue weighted by atomic mass is 9.94. The number of carbonyl (C=O) groups is 1. The predicted molar refractivity (Wildman–Crippen MR) is 173 cm³/mol. The number of ether oxygens (including phenoxy) is 1. The first-order chi connectivity index (χ1) is 20.7. The molecule has 0 saturated carbocycles. The molecule has 218 valence electrons. The van der Waals surface area contributed by atoms with Crippen LogP contribution in [0.5, 0.6) is 5.75 Å². The van der Waals surface area contributed by atoms with Crippen LogP contribution in [0.15, 0.2) is 92.3 Å². The van der Waals surface area contributed by atoms with Gasteiger partial charge in [0.15, 0.2) is 4.80 Å². The first-order valence-corrected chi connectivity index (χ1v) is 15.7. The Labute approximate surface area is 266 Å². The van der Waals surface area contributed by atoms with E-state index in [2.05, 4.69) is 22.0 Å². The van der Waals surface area contributed by atoms with Crippen LogP contribution in [0.2, 0.25) is 5.02 Å². The molecule has 0 radical (unpaired) electrons. The summed E-state index contributed by atoms with van der Waals surface area (Å²) in [5.41, 5.74) is 3.99. The minimum Gasteiger partial charge on any atom is -0.488 e. The number of benzene rings is 3. The molecule has 0 bridgehead atoms. The van der Waals surface area contributed by atoms with E-state index in [1.54, 1.807) is 33.7 Å². The minimum atomic E-state index is -0.631. The second kappa shape index (κ2) is 13.1. The largest absolute Gasteiger partial charge is 0.488 e. The van der Waals surface area contributed by atoms with Crippen molar-refractivity contribution in [1.82, 2.24) is 9.47 Å². The number of thiazole rings is 1. The summed E-state index contributed by atoms with van der Waals surface area (Å²) in [6, 6.07) is 21.6. The summed E-state index contributed by atoms with van der Waals surface area (Å²) >= 11 is 11.1. The van der Waals surface area contributed by atoms with E-state index in [1.165, 1.54) is 11.3 Å². The van der Waals surface area contributed by atoms with Gasteiger partial charge in [-0.15, -0.1) is 0 Å². The highest BCUT2D eigenvalue weighted by molar-refractivity contribution is 9.10. The van der Waals surface area contributed by atoms with Crippen LogP contribution in [0, 0.1) is 11.3 Å². The van der Waals surface area contributed by atoms with Crippen LogP contribution in [-0.2, 0) is 11.4 Å². The number of rotatable bonds is 8. The smallest absolute Gasteiger partial charge is 0.271 e. The van der Waals surface area contributed by atoms with Gasteiger partial charge in [-0.25, -0.2) is 4.99 Å². The average Bonchev–Trinajstić information content (AvgIpc) is 3.31. The zero-order chi connectivity index (χ0) is 30.7. The monoisotopic (exact) mass is 674 g/mol. The molecule has 0 N–H and O–H groups in total. The molecule has 43 heavy (non-hydrogen) atoms. The number of aromatic nitrogens is 1. The third kappa shape index (κ3) is 6.37. The molecule has 0 aliphatic carbocycles. The summed E-state index contributed by atoms with van der Waals surface area (Å²) in [6.45, 7) is 7.14. The van der Waals surface area contributed by atoms with Crippen molar-refractivity contribution in [1.29, 1.82) is 5.26 Å². The topological polar surface area (TPSA) is 87.7 Å². The quantitative estimate of drug-likeness (QED) is 0.230. The Hall–Kier alpha value is -3.97. The lowest BCUT2D eigenvalue weighted by molar-refractivity contribution is -0.127. The zero-order valence-electron chi connectivity index (χ0n) is 23.8. The van der Waals surface area contributed by atoms with Gasteiger partial charge in [-0.2, -0.15) is 5.26 Å². The molecule has 0 unspecified atom stereocenters. The molecule has 0 spiro atoms. The summed E-state index contributed by atoms with van der Waals surface area (Å²) in [5, 5.41) is 9.56. The fourth-order valence-electron chi connectivity index (χ4n) is 4.95. The number of hydrogen-bond donors (Lipinski definition) is 0. The van der Waals surface area contributed by atoms with E-state index < -0.39 is 6.04 Å². The molecule has 0 fully saturated rings. The molecular weight excluding hydrogens is 648 g/mol. The van der Waals surface area contributed by atoms with Crippen molar-refractivity contribution in [3.05, 3.63) is 129 Å². The van der Waals surface area contributed by atoms with Crippen LogP contribution in [0.25, 0.3) is 6.08 Å². The molecule has 1 atom stereocenters. The molecular formula is C33H28BrClN4O3S. The minimum absolute atomic E-state index is 0.138. The van der Waals surface area contributed by atoms with Crippen LogP contribution < -0.4 is 19.6 Å². The SMILES string of the molecule is CCN(CC)C(=O)C1=C(C)N=c2s/c(=C/c3ccc(OCc4ccc(C#N)cc4)c(Br)c3)c(=O)n2[C@H]1c1ccc(Cl)cc1. The molecule has 5 rings (SSSR count). The number of amides is 1. The Kier molecular flexibility index (Phi) is 9.31. The second-order valence-corrected chi connectivity index (χ2v) is 12.2. The lowest BCUT2D eigenvalue weighted by Gasteiger charge is -2.29. The van der Waals surface area contributed by atoms with Gasteiger partial charge in [-0.05, 0) is 95.9 Å². The second-order valence-electron chi connectivity index (χ2n) is 9.90. The van der Waals surface area contributed by atoms with E-state index in [0.29, 0.717) is 56.6 Å². The van der Waals surface area contributed by atoms with E-state index in [1.807, 2.05) is 69.3 Å². The van der Waals surface area contributed by atoms with E-state index in [0.717, 1.165) is 21.2 Å². The predicted octanol–water partition coefficient (Wildman–Crippen LogP) is 5.97. The van der Waals surface area contributed by atoms with Gasteiger partial charge >= 0.3 is 0 Å². The van der Waals surface area contributed by atoms with Gasteiger partial charge < -0.3 is 9.64 Å². The van der Waals surface area contributed by atoms with Gasteiger partial charge in [0, 0.05) is 18.1 Å². The highest BCUT2D eigenvalue weighted by Crippen LogP contribution is 2.32. The van der Waals surface area contributed by atoms with Crippen LogP contribution in [0.1, 0.15) is 49.1 Å². The Balaban J connectivity index is 1.51. The van der Waals surface area contributed by atoms with Crippen molar-refractivity contribution in [3.63, 3.8) is 0 Å². The Bertz CT molecular complexity index is 1940. The average molecular weight is 676 g/mol. The zero-order valence-corrected chi connectivity index (χ0v) is 27.0. The highest BCUT2D eigenvalue weighted by Gasteiger charge is 2.34. The maximum absolute atomic E-state index is 14.0. The number of likely N-dealkylation sites (N-methyl/N-ethyl adjacent to an activating group) is 1. The van der Waals surface area contributed by atoms with E-state index >= 15 is 0 Å². The van der Waals surface area contributed by atoms with Gasteiger partial charge in [0.05, 0.1) is 37.9 Å². The van der Waals surface area contributed by atoms with Crippen molar-refractivity contribution in [2.45, 2.75) is 33.4 Å². The fourth-order valence-corrected chi connectivity index (χ4v) is 6.63. The summed E-state index contributed by atoms with van der Waals surface area (Å²) < 4.78 is 8.83. The molecule has 0 saturated heterocycles. The number of halogens is 2. The molecule has 10 heteroatoms. The van der Waals surface area contributed by atoms with Gasteiger partial charge in [-0.3, -0.25) is 14.2 Å². The third-order valence-electron chi connectivity index (χ3n) is 7.22.